The lowest BCUT2D eigenvalue weighted by molar-refractivity contribution is 0.102. The normalized spacial score (nSPS) is 11.0. The van der Waals surface area contributed by atoms with Gasteiger partial charge in [-0.15, -0.1) is 6.58 Å². The molecule has 7 nitrogen and oxygen atoms in total. The van der Waals surface area contributed by atoms with Crippen LogP contribution in [-0.4, -0.2) is 41.2 Å². The van der Waals surface area contributed by atoms with Gasteiger partial charge in [-0.1, -0.05) is 12.1 Å². The van der Waals surface area contributed by atoms with Crippen LogP contribution >= 0.6 is 0 Å². The molecule has 2 aromatic rings. The van der Waals surface area contributed by atoms with Gasteiger partial charge in [-0.2, -0.15) is 0 Å². The molecule has 8 heteroatoms. The number of hydrogen-bond donors (Lipinski definition) is 2. The van der Waals surface area contributed by atoms with Crippen LogP contribution in [0.15, 0.2) is 66.1 Å². The van der Waals surface area contributed by atoms with Crippen molar-refractivity contribution in [2.45, 2.75) is 4.90 Å². The topological polar surface area (TPSA) is 93.7 Å². The molecule has 0 atom stereocenters. The first-order valence-electron chi connectivity index (χ1n) is 8.20. The number of carbonyl (C=O) groups excluding carboxylic acids is 1. The first kappa shape index (κ1) is 20.6. The van der Waals surface area contributed by atoms with E-state index in [1.54, 1.807) is 37.4 Å². The molecule has 2 aromatic carbocycles. The summed E-state index contributed by atoms with van der Waals surface area (Å²) in [4.78, 5) is 12.4. The predicted octanol–water partition coefficient (Wildman–Crippen LogP) is 2.43. The van der Waals surface area contributed by atoms with Gasteiger partial charge in [-0.05, 0) is 42.5 Å². The Morgan fingerprint density at radius 2 is 1.89 bits per heavy atom. The summed E-state index contributed by atoms with van der Waals surface area (Å²) in [5.41, 5.74) is 0.800. The number of anilines is 1. The Hall–Kier alpha value is -2.68. The van der Waals surface area contributed by atoms with Gasteiger partial charge in [-0.3, -0.25) is 4.79 Å². The number of hydrogen-bond acceptors (Lipinski definition) is 5. The van der Waals surface area contributed by atoms with Crippen LogP contribution in [0.3, 0.4) is 0 Å². The number of nitrogens with one attached hydrogen (secondary N) is 2. The van der Waals surface area contributed by atoms with Gasteiger partial charge in [0.2, 0.25) is 10.0 Å². The van der Waals surface area contributed by atoms with Gasteiger partial charge < -0.3 is 14.8 Å². The van der Waals surface area contributed by atoms with Crippen molar-refractivity contribution in [3.8, 4) is 5.75 Å². The fourth-order valence-electron chi connectivity index (χ4n) is 2.14. The van der Waals surface area contributed by atoms with Crippen molar-refractivity contribution in [1.29, 1.82) is 0 Å². The zero-order chi connectivity index (χ0) is 19.7. The Kier molecular flexibility index (Phi) is 7.54. The van der Waals surface area contributed by atoms with E-state index >= 15 is 0 Å². The van der Waals surface area contributed by atoms with Gasteiger partial charge in [0.15, 0.2) is 0 Å². The fraction of sp³-hybridized carbons (Fsp3) is 0.211. The Labute approximate surface area is 159 Å². The fourth-order valence-corrected chi connectivity index (χ4v) is 3.18. The summed E-state index contributed by atoms with van der Waals surface area (Å²) in [6.45, 7) is 4.50. The van der Waals surface area contributed by atoms with Crippen molar-refractivity contribution >= 4 is 21.6 Å². The quantitative estimate of drug-likeness (QED) is 0.480. The van der Waals surface area contributed by atoms with Crippen LogP contribution in [0.25, 0.3) is 0 Å². The number of methoxy groups -OCH3 is 1. The molecule has 0 aromatic heterocycles. The molecule has 0 radical (unpaired) electrons. The predicted molar refractivity (Wildman–Crippen MR) is 104 cm³/mol. The second-order valence-electron chi connectivity index (χ2n) is 5.49. The van der Waals surface area contributed by atoms with E-state index in [0.717, 1.165) is 0 Å². The summed E-state index contributed by atoms with van der Waals surface area (Å²) in [5, 5.41) is 2.72. The van der Waals surface area contributed by atoms with Crippen LogP contribution in [0.5, 0.6) is 5.75 Å². The minimum Gasteiger partial charge on any atom is -0.491 e. The van der Waals surface area contributed by atoms with Crippen molar-refractivity contribution < 1.29 is 22.7 Å². The molecule has 0 heterocycles. The van der Waals surface area contributed by atoms with E-state index < -0.39 is 15.9 Å². The Morgan fingerprint density at radius 3 is 2.56 bits per heavy atom. The lowest BCUT2D eigenvalue weighted by Crippen LogP contribution is -2.24. The molecule has 0 spiro atoms. The van der Waals surface area contributed by atoms with Gasteiger partial charge in [0, 0.05) is 24.9 Å². The molecule has 144 valence electrons. The number of rotatable bonds is 10. The third kappa shape index (κ3) is 6.21. The van der Waals surface area contributed by atoms with Crippen LogP contribution < -0.4 is 14.8 Å². The SMILES string of the molecule is C=CCNS(=O)(=O)c1cccc(C(=O)Nc2ccc(OCCOC)cc2)c1. The van der Waals surface area contributed by atoms with Gasteiger partial charge in [0.05, 0.1) is 11.5 Å². The highest BCUT2D eigenvalue weighted by atomic mass is 32.2. The van der Waals surface area contributed by atoms with E-state index in [2.05, 4.69) is 16.6 Å². The molecule has 0 saturated heterocycles. The Balaban J connectivity index is 2.05. The third-order valence-corrected chi connectivity index (χ3v) is 4.91. The first-order valence-corrected chi connectivity index (χ1v) is 9.68. The molecule has 0 fully saturated rings. The average molecular weight is 390 g/mol. The summed E-state index contributed by atoms with van der Waals surface area (Å²) in [5.74, 6) is 0.246. The van der Waals surface area contributed by atoms with Crippen LogP contribution in [0, 0.1) is 0 Å². The standard InChI is InChI=1S/C19H22N2O5S/c1-3-11-20-27(23,24)18-6-4-5-15(14-18)19(22)21-16-7-9-17(10-8-16)26-13-12-25-2/h3-10,14,20H,1,11-13H2,2H3,(H,21,22). The van der Waals surface area contributed by atoms with Gasteiger partial charge >= 0.3 is 0 Å². The Bertz CT molecular complexity index is 879. The largest absolute Gasteiger partial charge is 0.491 e. The lowest BCUT2D eigenvalue weighted by Gasteiger charge is -2.09. The number of sulfonamides is 1. The third-order valence-electron chi connectivity index (χ3n) is 3.49. The van der Waals surface area contributed by atoms with Gasteiger partial charge in [0.25, 0.3) is 5.91 Å². The summed E-state index contributed by atoms with van der Waals surface area (Å²) >= 11 is 0. The summed E-state index contributed by atoms with van der Waals surface area (Å²) in [7, 11) is -2.10. The summed E-state index contributed by atoms with van der Waals surface area (Å²) < 4.78 is 37.0. The minimum atomic E-state index is -3.70. The van der Waals surface area contributed by atoms with E-state index in [4.69, 9.17) is 9.47 Å². The monoisotopic (exact) mass is 390 g/mol. The second-order valence-corrected chi connectivity index (χ2v) is 7.26. The van der Waals surface area contributed by atoms with Crippen molar-refractivity contribution in [2.75, 3.05) is 32.2 Å². The molecular formula is C19H22N2O5S. The van der Waals surface area contributed by atoms with Crippen molar-refractivity contribution in [3.05, 3.63) is 66.7 Å². The van der Waals surface area contributed by atoms with E-state index in [1.807, 2.05) is 0 Å². The molecule has 0 aliphatic carbocycles. The number of benzene rings is 2. The van der Waals surface area contributed by atoms with Gasteiger partial charge in [-0.25, -0.2) is 13.1 Å². The zero-order valence-electron chi connectivity index (χ0n) is 15.0. The average Bonchev–Trinajstić information content (AvgIpc) is 2.68. The van der Waals surface area contributed by atoms with Crippen LogP contribution in [0.4, 0.5) is 5.69 Å². The zero-order valence-corrected chi connectivity index (χ0v) is 15.8. The highest BCUT2D eigenvalue weighted by Crippen LogP contribution is 2.17. The molecule has 2 N–H and O–H groups in total. The van der Waals surface area contributed by atoms with Crippen LogP contribution in [0.2, 0.25) is 0 Å². The van der Waals surface area contributed by atoms with E-state index in [1.165, 1.54) is 24.3 Å². The van der Waals surface area contributed by atoms with Gasteiger partial charge in [0.1, 0.15) is 12.4 Å². The number of amides is 1. The first-order chi connectivity index (χ1) is 13.0. The molecule has 0 saturated carbocycles. The van der Waals surface area contributed by atoms with Crippen LogP contribution in [0.1, 0.15) is 10.4 Å². The minimum absolute atomic E-state index is 0.0129. The summed E-state index contributed by atoms with van der Waals surface area (Å²) in [6, 6.07) is 12.7. The van der Waals surface area contributed by atoms with Crippen molar-refractivity contribution in [1.82, 2.24) is 4.72 Å². The van der Waals surface area contributed by atoms with Crippen molar-refractivity contribution in [2.24, 2.45) is 0 Å². The molecule has 27 heavy (non-hydrogen) atoms. The highest BCUT2D eigenvalue weighted by molar-refractivity contribution is 7.89. The smallest absolute Gasteiger partial charge is 0.255 e. The summed E-state index contributed by atoms with van der Waals surface area (Å²) in [6.07, 6.45) is 1.44. The molecule has 0 bridgehead atoms. The van der Waals surface area contributed by atoms with Crippen LogP contribution in [-0.2, 0) is 14.8 Å². The molecular weight excluding hydrogens is 368 g/mol. The number of carbonyl (C=O) groups is 1. The van der Waals surface area contributed by atoms with E-state index in [0.29, 0.717) is 24.7 Å². The maximum Gasteiger partial charge on any atom is 0.255 e. The molecule has 0 aliphatic heterocycles. The molecule has 1 amide bonds. The second kappa shape index (κ2) is 9.86. The Morgan fingerprint density at radius 1 is 1.15 bits per heavy atom. The highest BCUT2D eigenvalue weighted by Gasteiger charge is 2.15. The van der Waals surface area contributed by atoms with E-state index in [9.17, 15) is 13.2 Å². The number of ether oxygens (including phenoxy) is 2. The van der Waals surface area contributed by atoms with Crippen molar-refractivity contribution in [3.63, 3.8) is 0 Å². The molecule has 2 rings (SSSR count). The maximum absolute atomic E-state index is 12.4. The lowest BCUT2D eigenvalue weighted by atomic mass is 10.2. The molecule has 0 unspecified atom stereocenters. The van der Waals surface area contributed by atoms with E-state index in [-0.39, 0.29) is 17.0 Å². The molecule has 0 aliphatic rings. The maximum atomic E-state index is 12.4.